The summed E-state index contributed by atoms with van der Waals surface area (Å²) in [7, 11) is 2.75. The van der Waals surface area contributed by atoms with Crippen LogP contribution in [0.15, 0.2) is 119 Å². The van der Waals surface area contributed by atoms with Crippen molar-refractivity contribution < 1.29 is 19.8 Å². The lowest BCUT2D eigenvalue weighted by Gasteiger charge is -2.18. The lowest BCUT2D eigenvalue weighted by Crippen LogP contribution is -2.31. The molecule has 0 heterocycles. The fraction of sp³-hybridized carbons (Fsp3) is 0.133. The molecule has 0 saturated carbocycles. The Labute approximate surface area is 229 Å². The average Bonchev–Trinajstić information content (AvgIpc) is 2.98. The van der Waals surface area contributed by atoms with E-state index in [2.05, 4.69) is 10.6 Å². The Balaban J connectivity index is 1.47. The maximum atomic E-state index is 13.2. The number of amides is 2. The number of hydrogen-bond donors (Lipinski definition) is 4. The van der Waals surface area contributed by atoms with Crippen molar-refractivity contribution in [3.8, 4) is 0 Å². The molecule has 8 heteroatoms. The van der Waals surface area contributed by atoms with Gasteiger partial charge in [0.2, 0.25) is 0 Å². The first kappa shape index (κ1) is 27.5. The van der Waals surface area contributed by atoms with Gasteiger partial charge in [0.05, 0.1) is 36.4 Å². The van der Waals surface area contributed by atoms with Crippen LogP contribution in [0.2, 0.25) is 0 Å². The summed E-state index contributed by atoms with van der Waals surface area (Å²) < 4.78 is 0. The van der Waals surface area contributed by atoms with Gasteiger partial charge in [-0.1, -0.05) is 107 Å². The molecule has 0 aliphatic rings. The molecule has 2 amide bonds. The van der Waals surface area contributed by atoms with Crippen LogP contribution in [0.3, 0.4) is 0 Å². The van der Waals surface area contributed by atoms with Gasteiger partial charge in [0.15, 0.2) is 0 Å². The van der Waals surface area contributed by atoms with Gasteiger partial charge < -0.3 is 20.8 Å². The average molecular weight is 545 g/mol. The van der Waals surface area contributed by atoms with E-state index in [1.807, 2.05) is 84.9 Å². The molecule has 38 heavy (non-hydrogen) atoms. The Bertz CT molecular complexity index is 1250. The molecule has 0 aromatic heterocycles. The van der Waals surface area contributed by atoms with Crippen LogP contribution in [0.5, 0.6) is 0 Å². The highest BCUT2D eigenvalue weighted by molar-refractivity contribution is 8.76. The largest absolute Gasteiger partial charge is 0.394 e. The summed E-state index contributed by atoms with van der Waals surface area (Å²) in [6.45, 7) is -0.444. The van der Waals surface area contributed by atoms with Gasteiger partial charge in [-0.05, 0) is 35.4 Å². The molecule has 0 bridgehead atoms. The molecule has 0 radical (unpaired) electrons. The molecular weight excluding hydrogens is 516 g/mol. The van der Waals surface area contributed by atoms with Crippen LogP contribution in [0.4, 0.5) is 0 Å². The van der Waals surface area contributed by atoms with E-state index >= 15 is 0 Å². The predicted octanol–water partition coefficient (Wildman–Crippen LogP) is 5.41. The zero-order chi connectivity index (χ0) is 26.7. The predicted molar refractivity (Wildman–Crippen MR) is 152 cm³/mol. The highest BCUT2D eigenvalue weighted by atomic mass is 33.1. The van der Waals surface area contributed by atoms with Gasteiger partial charge in [-0.2, -0.15) is 0 Å². The number of benzene rings is 4. The molecule has 0 aliphatic carbocycles. The smallest absolute Gasteiger partial charge is 0.253 e. The monoisotopic (exact) mass is 544 g/mol. The Morgan fingerprint density at radius 3 is 1.26 bits per heavy atom. The first-order chi connectivity index (χ1) is 18.6. The SMILES string of the molecule is O=C(N[C@H](CO)c1ccccc1)c1ccccc1SSc1ccccc1C(=O)N[C@H](CO)c1ccccc1. The van der Waals surface area contributed by atoms with Crippen LogP contribution in [-0.2, 0) is 0 Å². The Morgan fingerprint density at radius 2 is 0.895 bits per heavy atom. The number of nitrogens with one attached hydrogen (secondary N) is 2. The lowest BCUT2D eigenvalue weighted by atomic mass is 10.1. The second kappa shape index (κ2) is 13.8. The van der Waals surface area contributed by atoms with Crippen LogP contribution in [0.1, 0.15) is 43.9 Å². The maximum Gasteiger partial charge on any atom is 0.253 e. The van der Waals surface area contributed by atoms with Crippen LogP contribution in [0, 0.1) is 0 Å². The van der Waals surface area contributed by atoms with Gasteiger partial charge in [-0.25, -0.2) is 0 Å². The van der Waals surface area contributed by atoms with E-state index in [0.29, 0.717) is 11.1 Å². The minimum Gasteiger partial charge on any atom is -0.394 e. The van der Waals surface area contributed by atoms with Crippen molar-refractivity contribution in [1.82, 2.24) is 10.6 Å². The number of aliphatic hydroxyl groups is 2. The Hall–Kier alpha value is -3.56. The second-order valence-electron chi connectivity index (χ2n) is 8.40. The van der Waals surface area contributed by atoms with Crippen molar-refractivity contribution in [2.45, 2.75) is 21.9 Å². The highest BCUT2D eigenvalue weighted by Crippen LogP contribution is 2.40. The van der Waals surface area contributed by atoms with Crippen molar-refractivity contribution in [2.24, 2.45) is 0 Å². The van der Waals surface area contributed by atoms with Gasteiger partial charge in [-0.15, -0.1) is 0 Å². The van der Waals surface area contributed by atoms with Crippen LogP contribution >= 0.6 is 21.6 Å². The van der Waals surface area contributed by atoms with E-state index in [1.165, 1.54) is 21.6 Å². The zero-order valence-corrected chi connectivity index (χ0v) is 22.1. The first-order valence-corrected chi connectivity index (χ1v) is 14.2. The second-order valence-corrected chi connectivity index (χ2v) is 10.6. The lowest BCUT2D eigenvalue weighted by molar-refractivity contribution is 0.0906. The van der Waals surface area contributed by atoms with Gasteiger partial charge in [0, 0.05) is 9.79 Å². The van der Waals surface area contributed by atoms with Crippen molar-refractivity contribution >= 4 is 33.4 Å². The summed E-state index contributed by atoms with van der Waals surface area (Å²) in [6, 6.07) is 32.1. The Kier molecular flexibility index (Phi) is 10.0. The standard InChI is InChI=1S/C30H28N2O4S2/c33-19-25(21-11-3-1-4-12-21)31-29(35)23-15-7-9-17-27(23)37-38-28-18-10-8-16-24(28)30(36)32-26(20-34)22-13-5-2-6-14-22/h1-18,25-26,33-34H,19-20H2,(H,31,35)(H,32,36)/t25-,26-/m1/s1. The normalized spacial score (nSPS) is 12.4. The maximum absolute atomic E-state index is 13.2. The minimum absolute atomic E-state index is 0.222. The first-order valence-electron chi connectivity index (χ1n) is 12.1. The number of rotatable bonds is 11. The van der Waals surface area contributed by atoms with E-state index in [1.54, 1.807) is 24.3 Å². The van der Waals surface area contributed by atoms with E-state index in [0.717, 1.165) is 20.9 Å². The molecule has 0 spiro atoms. The van der Waals surface area contributed by atoms with Crippen LogP contribution < -0.4 is 10.6 Å². The fourth-order valence-electron chi connectivity index (χ4n) is 3.86. The summed E-state index contributed by atoms with van der Waals surface area (Å²) in [5, 5.41) is 25.5. The molecule has 194 valence electrons. The minimum atomic E-state index is -0.525. The highest BCUT2D eigenvalue weighted by Gasteiger charge is 2.20. The molecule has 0 aliphatic heterocycles. The zero-order valence-electron chi connectivity index (χ0n) is 20.5. The van der Waals surface area contributed by atoms with Crippen LogP contribution in [-0.4, -0.2) is 35.2 Å². The van der Waals surface area contributed by atoms with E-state index in [9.17, 15) is 19.8 Å². The number of carbonyl (C=O) groups is 2. The number of hydrogen-bond acceptors (Lipinski definition) is 6. The molecule has 6 nitrogen and oxygen atoms in total. The third-order valence-corrected chi connectivity index (χ3v) is 8.35. The number of carbonyl (C=O) groups excluding carboxylic acids is 2. The van der Waals surface area contributed by atoms with Crippen molar-refractivity contribution in [2.75, 3.05) is 13.2 Å². The third kappa shape index (κ3) is 7.05. The van der Waals surface area contributed by atoms with Crippen molar-refractivity contribution in [1.29, 1.82) is 0 Å². The molecule has 4 rings (SSSR count). The molecule has 2 atom stereocenters. The molecule has 4 aromatic rings. The molecule has 4 N–H and O–H groups in total. The summed E-state index contributed by atoms with van der Waals surface area (Å²) >= 11 is 0. The summed E-state index contributed by atoms with van der Waals surface area (Å²) in [6.07, 6.45) is 0. The van der Waals surface area contributed by atoms with E-state index < -0.39 is 12.1 Å². The molecule has 0 fully saturated rings. The molecule has 4 aromatic carbocycles. The molecular formula is C30H28N2O4S2. The van der Waals surface area contributed by atoms with E-state index in [4.69, 9.17) is 0 Å². The third-order valence-electron chi connectivity index (χ3n) is 5.86. The van der Waals surface area contributed by atoms with Gasteiger partial charge >= 0.3 is 0 Å². The fourth-order valence-corrected chi connectivity index (χ4v) is 6.21. The van der Waals surface area contributed by atoms with Gasteiger partial charge in [0.25, 0.3) is 11.8 Å². The summed E-state index contributed by atoms with van der Waals surface area (Å²) in [5.74, 6) is -0.590. The Morgan fingerprint density at radius 1 is 0.553 bits per heavy atom. The van der Waals surface area contributed by atoms with Crippen molar-refractivity contribution in [3.05, 3.63) is 131 Å². The van der Waals surface area contributed by atoms with E-state index in [-0.39, 0.29) is 25.0 Å². The van der Waals surface area contributed by atoms with Crippen molar-refractivity contribution in [3.63, 3.8) is 0 Å². The molecule has 0 unspecified atom stereocenters. The van der Waals surface area contributed by atoms with Gasteiger partial charge in [0.1, 0.15) is 0 Å². The quantitative estimate of drug-likeness (QED) is 0.189. The topological polar surface area (TPSA) is 98.7 Å². The molecule has 0 saturated heterocycles. The summed E-state index contributed by atoms with van der Waals surface area (Å²) in [4.78, 5) is 27.8. The van der Waals surface area contributed by atoms with Gasteiger partial charge in [-0.3, -0.25) is 9.59 Å². The number of aliphatic hydroxyl groups excluding tert-OH is 2. The summed E-state index contributed by atoms with van der Waals surface area (Å²) in [5.41, 5.74) is 2.59. The van der Waals surface area contributed by atoms with Crippen LogP contribution in [0.25, 0.3) is 0 Å².